The molecule has 6 nitrogen and oxygen atoms in total. The summed E-state index contributed by atoms with van der Waals surface area (Å²) in [6.45, 7) is 3.61. The molecular weight excluding hydrogens is 294 g/mol. The first kappa shape index (κ1) is 13.7. The Bertz CT molecular complexity index is 424. The van der Waals surface area contributed by atoms with Crippen LogP contribution in [0.1, 0.15) is 29.5 Å². The van der Waals surface area contributed by atoms with Gasteiger partial charge in [0.15, 0.2) is 5.69 Å². The van der Waals surface area contributed by atoms with Crippen molar-refractivity contribution in [1.29, 1.82) is 0 Å². The molecule has 0 aromatic carbocycles. The molecule has 1 aromatic rings. The Balaban J connectivity index is 2.29. The van der Waals surface area contributed by atoms with Crippen molar-refractivity contribution in [3.63, 3.8) is 0 Å². The number of hydrogen-bond donors (Lipinski definition) is 1. The largest absolute Gasteiger partial charge is 0.288 e. The number of nitrogens with one attached hydrogen (secondary N) is 1. The normalized spacial score (nSPS) is 18.4. The topological polar surface area (TPSA) is 63.1 Å². The van der Waals surface area contributed by atoms with Crippen molar-refractivity contribution >= 4 is 39.2 Å². The summed E-state index contributed by atoms with van der Waals surface area (Å²) < 4.78 is 1.89. The Morgan fingerprint density at radius 2 is 2.41 bits per heavy atom. The standard InChI is InChI=1S/C7H15N5OP4/c1-2-3-11-4-5-6(7(13)9-11)8-10-12(5)17(15)16-14/h16H,2-4,14-15H2,1H3,(H,9,13). The van der Waals surface area contributed by atoms with E-state index in [9.17, 15) is 4.79 Å². The number of carbonyl (C=O) groups excluding carboxylic acids is 1. The first-order valence-corrected chi connectivity index (χ1v) is 11.8. The van der Waals surface area contributed by atoms with Crippen molar-refractivity contribution in [2.24, 2.45) is 0 Å². The van der Waals surface area contributed by atoms with Gasteiger partial charge in [0.05, 0.1) is 19.7 Å². The molecule has 10 heteroatoms. The van der Waals surface area contributed by atoms with Crippen LogP contribution in [-0.2, 0) is 6.54 Å². The monoisotopic (exact) mass is 309 g/mol. The van der Waals surface area contributed by atoms with E-state index in [4.69, 9.17) is 0 Å². The van der Waals surface area contributed by atoms with Gasteiger partial charge in [-0.25, -0.2) is 9.46 Å². The highest BCUT2D eigenvalue weighted by atomic mass is 32.6. The maximum atomic E-state index is 11.8. The summed E-state index contributed by atoms with van der Waals surface area (Å²) in [7, 11) is 5.74. The minimum absolute atomic E-state index is 0.147. The third-order valence-electron chi connectivity index (χ3n) is 2.39. The zero-order valence-electron chi connectivity index (χ0n) is 9.42. The molecule has 0 fully saturated rings. The Hall–Kier alpha value is 0.290. The van der Waals surface area contributed by atoms with Crippen molar-refractivity contribution in [2.75, 3.05) is 6.54 Å². The van der Waals surface area contributed by atoms with Gasteiger partial charge in [-0.3, -0.25) is 10.2 Å². The van der Waals surface area contributed by atoms with E-state index in [1.54, 1.807) is 0 Å². The predicted octanol–water partition coefficient (Wildman–Crippen LogP) is 1.57. The van der Waals surface area contributed by atoms with Crippen LogP contribution in [-0.4, -0.2) is 32.2 Å². The van der Waals surface area contributed by atoms with Crippen molar-refractivity contribution < 1.29 is 4.79 Å². The maximum Gasteiger partial charge on any atom is 0.288 e. The number of hydrogen-bond acceptors (Lipinski definition) is 4. The summed E-state index contributed by atoms with van der Waals surface area (Å²) in [6, 6.07) is 0. The van der Waals surface area contributed by atoms with Gasteiger partial charge in [0.25, 0.3) is 5.91 Å². The predicted molar refractivity (Wildman–Crippen MR) is 78.2 cm³/mol. The van der Waals surface area contributed by atoms with E-state index in [0.29, 0.717) is 20.2 Å². The highest BCUT2D eigenvalue weighted by Crippen LogP contribution is 2.66. The van der Waals surface area contributed by atoms with E-state index >= 15 is 0 Å². The van der Waals surface area contributed by atoms with Crippen LogP contribution in [0.15, 0.2) is 0 Å². The smallest absolute Gasteiger partial charge is 0.283 e. The van der Waals surface area contributed by atoms with Crippen LogP contribution in [0.4, 0.5) is 0 Å². The molecule has 0 saturated heterocycles. The Labute approximate surface area is 107 Å². The summed E-state index contributed by atoms with van der Waals surface area (Å²) in [6.07, 6.45) is 0.998. The number of amides is 1. The molecule has 0 saturated carbocycles. The summed E-state index contributed by atoms with van der Waals surface area (Å²) in [5, 5.41) is 9.99. The summed E-state index contributed by atoms with van der Waals surface area (Å²) >= 11 is 0. The lowest BCUT2D eigenvalue weighted by Crippen LogP contribution is -2.46. The highest BCUT2D eigenvalue weighted by molar-refractivity contribution is 8.60. The zero-order valence-corrected chi connectivity index (χ0v) is 13.6. The SMILES string of the molecule is CCCN1Cc2c(nnn2P(P)PP)C(=O)N1. The molecular formula is C7H15N5OP4. The maximum absolute atomic E-state index is 11.8. The van der Waals surface area contributed by atoms with Crippen LogP contribution < -0.4 is 5.43 Å². The van der Waals surface area contributed by atoms with Gasteiger partial charge in [-0.05, 0) is 14.4 Å². The van der Waals surface area contributed by atoms with Gasteiger partial charge in [-0.1, -0.05) is 21.1 Å². The number of carbonyl (C=O) groups is 1. The molecule has 94 valence electrons. The minimum atomic E-state index is -0.455. The molecule has 4 atom stereocenters. The van der Waals surface area contributed by atoms with Gasteiger partial charge >= 0.3 is 0 Å². The first-order valence-electron chi connectivity index (χ1n) is 5.19. The number of rotatable bonds is 4. The molecule has 1 N–H and O–H groups in total. The zero-order chi connectivity index (χ0) is 12.4. The van der Waals surface area contributed by atoms with E-state index in [0.717, 1.165) is 18.7 Å². The summed E-state index contributed by atoms with van der Waals surface area (Å²) in [5.74, 6) is -0.147. The molecule has 4 unspecified atom stereocenters. The van der Waals surface area contributed by atoms with E-state index in [1.165, 1.54) is 0 Å². The lowest BCUT2D eigenvalue weighted by Gasteiger charge is -2.27. The van der Waals surface area contributed by atoms with Gasteiger partial charge in [0, 0.05) is 6.54 Å². The Morgan fingerprint density at radius 3 is 3.06 bits per heavy atom. The van der Waals surface area contributed by atoms with Gasteiger partial charge < -0.3 is 0 Å². The number of nitrogens with zero attached hydrogens (tertiary/aromatic N) is 4. The van der Waals surface area contributed by atoms with Crippen molar-refractivity contribution in [2.45, 2.75) is 19.9 Å². The van der Waals surface area contributed by atoms with Crippen LogP contribution in [0.2, 0.25) is 0 Å². The van der Waals surface area contributed by atoms with E-state index < -0.39 is 7.45 Å². The molecule has 0 spiro atoms. The van der Waals surface area contributed by atoms with Crippen molar-refractivity contribution in [3.05, 3.63) is 11.4 Å². The van der Waals surface area contributed by atoms with Crippen LogP contribution >= 0.6 is 33.3 Å². The molecule has 0 aliphatic carbocycles. The molecule has 0 bridgehead atoms. The molecule has 0 radical (unpaired) electrons. The highest BCUT2D eigenvalue weighted by Gasteiger charge is 2.29. The molecule has 17 heavy (non-hydrogen) atoms. The quantitative estimate of drug-likeness (QED) is 0.858. The Kier molecular flexibility index (Phi) is 4.80. The number of fused-ring (bicyclic) bond motifs is 1. The van der Waals surface area contributed by atoms with Gasteiger partial charge in [-0.2, -0.15) is 0 Å². The number of aromatic nitrogens is 3. The lowest BCUT2D eigenvalue weighted by molar-refractivity contribution is 0.0724. The van der Waals surface area contributed by atoms with E-state index in [-0.39, 0.29) is 5.91 Å². The molecule has 2 rings (SSSR count). The third-order valence-corrected chi connectivity index (χ3v) is 11.8. The molecule has 1 aliphatic heterocycles. The Morgan fingerprint density at radius 1 is 1.65 bits per heavy atom. The fourth-order valence-corrected chi connectivity index (χ4v) is 4.66. The molecule has 2 heterocycles. The van der Waals surface area contributed by atoms with Crippen LogP contribution in [0.25, 0.3) is 0 Å². The fourth-order valence-electron chi connectivity index (χ4n) is 1.66. The summed E-state index contributed by atoms with van der Waals surface area (Å²) in [4.78, 5) is 11.8. The number of hydrazine groups is 1. The van der Waals surface area contributed by atoms with Gasteiger partial charge in [0.2, 0.25) is 0 Å². The van der Waals surface area contributed by atoms with E-state index in [1.807, 2.05) is 9.46 Å². The van der Waals surface area contributed by atoms with Gasteiger partial charge in [0.1, 0.15) is 0 Å². The first-order chi connectivity index (χ1) is 8.17. The van der Waals surface area contributed by atoms with Crippen molar-refractivity contribution in [3.8, 4) is 0 Å². The average Bonchev–Trinajstić information content (AvgIpc) is 2.73. The second-order valence-corrected chi connectivity index (χ2v) is 12.4. The average molecular weight is 309 g/mol. The summed E-state index contributed by atoms with van der Waals surface area (Å²) in [5.41, 5.74) is 4.22. The van der Waals surface area contributed by atoms with Crippen LogP contribution in [0, 0.1) is 0 Å². The second kappa shape index (κ2) is 5.95. The third kappa shape index (κ3) is 2.83. The van der Waals surface area contributed by atoms with Gasteiger partial charge in [-0.15, -0.1) is 14.0 Å². The van der Waals surface area contributed by atoms with Crippen LogP contribution in [0.3, 0.4) is 0 Å². The lowest BCUT2D eigenvalue weighted by atomic mass is 10.2. The van der Waals surface area contributed by atoms with E-state index in [2.05, 4.69) is 40.5 Å². The molecule has 1 aliphatic rings. The van der Waals surface area contributed by atoms with Crippen LogP contribution in [0.5, 0.6) is 0 Å². The molecule has 1 amide bonds. The molecule has 1 aromatic heterocycles. The minimum Gasteiger partial charge on any atom is -0.283 e. The van der Waals surface area contributed by atoms with Crippen molar-refractivity contribution in [1.82, 2.24) is 25.2 Å². The fraction of sp³-hybridized carbons (Fsp3) is 0.571. The second-order valence-electron chi connectivity index (χ2n) is 3.61.